The molecule has 15 heavy (non-hydrogen) atoms. The van der Waals surface area contributed by atoms with Gasteiger partial charge >= 0.3 is 0 Å². The predicted molar refractivity (Wildman–Crippen MR) is 67.1 cm³/mol. The lowest BCUT2D eigenvalue weighted by molar-refractivity contribution is 0.403. The molecule has 80 valence electrons. The predicted octanol–water partition coefficient (Wildman–Crippen LogP) is 2.42. The van der Waals surface area contributed by atoms with Gasteiger partial charge in [0.15, 0.2) is 0 Å². The molecule has 0 spiro atoms. The van der Waals surface area contributed by atoms with E-state index in [-0.39, 0.29) is 0 Å². The lowest BCUT2D eigenvalue weighted by atomic mass is 10.1. The summed E-state index contributed by atoms with van der Waals surface area (Å²) in [6, 6.07) is 8.52. The van der Waals surface area contributed by atoms with E-state index in [0.717, 1.165) is 6.54 Å². The molecule has 1 aromatic heterocycles. The normalized spacial score (nSPS) is 11.5. The number of hydrogen-bond acceptors (Lipinski definition) is 3. The van der Waals surface area contributed by atoms with Crippen molar-refractivity contribution in [3.8, 4) is 0 Å². The first-order chi connectivity index (χ1) is 7.22. The zero-order valence-electron chi connectivity index (χ0n) is 9.16. The minimum atomic E-state index is 0.641. The Hall–Kier alpha value is -0.900. The van der Waals surface area contributed by atoms with Crippen molar-refractivity contribution in [2.24, 2.45) is 5.73 Å². The van der Waals surface area contributed by atoms with Crippen LogP contribution in [0.5, 0.6) is 0 Å². The molecule has 0 saturated heterocycles. The lowest BCUT2D eigenvalue weighted by Crippen LogP contribution is -2.12. The van der Waals surface area contributed by atoms with Crippen molar-refractivity contribution in [3.63, 3.8) is 0 Å². The van der Waals surface area contributed by atoms with Crippen LogP contribution in [-0.4, -0.2) is 19.0 Å². The Kier molecular flexibility index (Phi) is 3.05. The van der Waals surface area contributed by atoms with Crippen molar-refractivity contribution in [2.45, 2.75) is 13.1 Å². The first kappa shape index (κ1) is 10.6. The summed E-state index contributed by atoms with van der Waals surface area (Å²) in [6.45, 7) is 1.61. The molecule has 0 bridgehead atoms. The summed E-state index contributed by atoms with van der Waals surface area (Å²) >= 11 is 1.81. The second-order valence-corrected chi connectivity index (χ2v) is 5.08. The molecule has 0 radical (unpaired) electrons. The van der Waals surface area contributed by atoms with Crippen LogP contribution in [0.1, 0.15) is 10.4 Å². The van der Waals surface area contributed by atoms with Gasteiger partial charge in [0.25, 0.3) is 0 Å². The fourth-order valence-electron chi connectivity index (χ4n) is 1.80. The molecule has 0 amide bonds. The Balaban J connectivity index is 2.56. The van der Waals surface area contributed by atoms with Gasteiger partial charge in [-0.15, -0.1) is 11.3 Å². The maximum Gasteiger partial charge on any atom is 0.0349 e. The molecule has 1 aromatic carbocycles. The Labute approximate surface area is 94.3 Å². The summed E-state index contributed by atoms with van der Waals surface area (Å²) in [5, 5.41) is 1.36. The van der Waals surface area contributed by atoms with Gasteiger partial charge in [-0.1, -0.05) is 18.2 Å². The van der Waals surface area contributed by atoms with Crippen LogP contribution in [0.4, 0.5) is 0 Å². The third kappa shape index (κ3) is 2.04. The van der Waals surface area contributed by atoms with E-state index < -0.39 is 0 Å². The van der Waals surface area contributed by atoms with Gasteiger partial charge in [-0.25, -0.2) is 0 Å². The molecule has 0 aliphatic heterocycles. The molecule has 2 N–H and O–H groups in total. The van der Waals surface area contributed by atoms with Gasteiger partial charge in [0.05, 0.1) is 0 Å². The molecule has 2 aromatic rings. The summed E-state index contributed by atoms with van der Waals surface area (Å²) in [5.41, 5.74) is 7.17. The van der Waals surface area contributed by atoms with Crippen LogP contribution in [0, 0.1) is 0 Å². The second kappa shape index (κ2) is 4.31. The molecular weight excluding hydrogens is 204 g/mol. The average molecular weight is 220 g/mol. The van der Waals surface area contributed by atoms with Gasteiger partial charge in [0, 0.05) is 22.7 Å². The van der Waals surface area contributed by atoms with Crippen LogP contribution >= 0.6 is 11.3 Å². The van der Waals surface area contributed by atoms with Gasteiger partial charge in [-0.05, 0) is 31.1 Å². The van der Waals surface area contributed by atoms with Crippen LogP contribution in [-0.2, 0) is 13.1 Å². The Morgan fingerprint density at radius 1 is 1.27 bits per heavy atom. The van der Waals surface area contributed by atoms with E-state index in [0.29, 0.717) is 6.54 Å². The van der Waals surface area contributed by atoms with Gasteiger partial charge in [-0.2, -0.15) is 0 Å². The van der Waals surface area contributed by atoms with Crippen molar-refractivity contribution in [1.82, 2.24) is 4.90 Å². The smallest absolute Gasteiger partial charge is 0.0349 e. The molecule has 1 heterocycles. The van der Waals surface area contributed by atoms with Crippen molar-refractivity contribution in [2.75, 3.05) is 14.1 Å². The summed E-state index contributed by atoms with van der Waals surface area (Å²) in [7, 11) is 4.18. The Bertz CT molecular complexity index is 460. The summed E-state index contributed by atoms with van der Waals surface area (Å²) in [6.07, 6.45) is 0. The third-order valence-corrected chi connectivity index (χ3v) is 3.68. The monoisotopic (exact) mass is 220 g/mol. The molecule has 0 aliphatic carbocycles. The molecule has 0 fully saturated rings. The van der Waals surface area contributed by atoms with Crippen molar-refractivity contribution < 1.29 is 0 Å². The van der Waals surface area contributed by atoms with E-state index in [2.05, 4.69) is 43.3 Å². The Morgan fingerprint density at radius 3 is 2.67 bits per heavy atom. The standard InChI is InChI=1S/C12H16N2S/c1-14(2)8-10-9-5-3-4-6-11(9)15-12(10)7-13/h3-6H,7-8,13H2,1-2H3. The number of thiophene rings is 1. The second-order valence-electron chi connectivity index (χ2n) is 3.94. The summed E-state index contributed by atoms with van der Waals surface area (Å²) < 4.78 is 1.34. The first-order valence-corrected chi connectivity index (χ1v) is 5.88. The van der Waals surface area contributed by atoms with Gasteiger partial charge in [0.1, 0.15) is 0 Å². The van der Waals surface area contributed by atoms with Crippen LogP contribution in [0.15, 0.2) is 24.3 Å². The van der Waals surface area contributed by atoms with E-state index in [4.69, 9.17) is 5.73 Å². The minimum Gasteiger partial charge on any atom is -0.326 e. The first-order valence-electron chi connectivity index (χ1n) is 5.06. The molecule has 0 atom stereocenters. The van der Waals surface area contributed by atoms with Crippen LogP contribution in [0.2, 0.25) is 0 Å². The van der Waals surface area contributed by atoms with Crippen molar-refractivity contribution in [3.05, 3.63) is 34.7 Å². The van der Waals surface area contributed by atoms with Gasteiger partial charge in [-0.3, -0.25) is 0 Å². The fraction of sp³-hybridized carbons (Fsp3) is 0.333. The number of nitrogens with zero attached hydrogens (tertiary/aromatic N) is 1. The van der Waals surface area contributed by atoms with E-state index in [9.17, 15) is 0 Å². The summed E-state index contributed by atoms with van der Waals surface area (Å²) in [4.78, 5) is 3.50. The van der Waals surface area contributed by atoms with Crippen LogP contribution in [0.3, 0.4) is 0 Å². The SMILES string of the molecule is CN(C)Cc1c(CN)sc2ccccc12. The topological polar surface area (TPSA) is 29.3 Å². The van der Waals surface area contributed by atoms with Crippen LogP contribution in [0.25, 0.3) is 10.1 Å². The molecule has 0 unspecified atom stereocenters. The number of nitrogens with two attached hydrogens (primary N) is 1. The lowest BCUT2D eigenvalue weighted by Gasteiger charge is -2.10. The highest BCUT2D eigenvalue weighted by atomic mass is 32.1. The highest BCUT2D eigenvalue weighted by molar-refractivity contribution is 7.19. The van der Waals surface area contributed by atoms with Gasteiger partial charge < -0.3 is 10.6 Å². The highest BCUT2D eigenvalue weighted by Crippen LogP contribution is 2.31. The molecule has 3 heteroatoms. The van der Waals surface area contributed by atoms with E-state index in [1.165, 1.54) is 20.5 Å². The quantitative estimate of drug-likeness (QED) is 0.860. The number of benzene rings is 1. The van der Waals surface area contributed by atoms with Crippen molar-refractivity contribution in [1.29, 1.82) is 0 Å². The number of fused-ring (bicyclic) bond motifs is 1. The highest BCUT2D eigenvalue weighted by Gasteiger charge is 2.10. The number of rotatable bonds is 3. The minimum absolute atomic E-state index is 0.641. The zero-order chi connectivity index (χ0) is 10.8. The maximum atomic E-state index is 5.78. The molecular formula is C12H16N2S. The fourth-order valence-corrected chi connectivity index (χ4v) is 2.90. The molecule has 0 saturated carbocycles. The zero-order valence-corrected chi connectivity index (χ0v) is 9.97. The molecule has 2 nitrogen and oxygen atoms in total. The average Bonchev–Trinajstić information content (AvgIpc) is 2.56. The largest absolute Gasteiger partial charge is 0.326 e. The van der Waals surface area contributed by atoms with Crippen LogP contribution < -0.4 is 5.73 Å². The van der Waals surface area contributed by atoms with E-state index >= 15 is 0 Å². The summed E-state index contributed by atoms with van der Waals surface area (Å²) in [5.74, 6) is 0. The van der Waals surface area contributed by atoms with Crippen molar-refractivity contribution >= 4 is 21.4 Å². The van der Waals surface area contributed by atoms with E-state index in [1.807, 2.05) is 11.3 Å². The molecule has 0 aliphatic rings. The Morgan fingerprint density at radius 2 is 2.00 bits per heavy atom. The molecule has 2 rings (SSSR count). The third-order valence-electron chi connectivity index (χ3n) is 2.44. The van der Waals surface area contributed by atoms with Gasteiger partial charge in [0.2, 0.25) is 0 Å². The number of hydrogen-bond donors (Lipinski definition) is 1. The van der Waals surface area contributed by atoms with E-state index in [1.54, 1.807) is 0 Å². The maximum absolute atomic E-state index is 5.78.